The van der Waals surface area contributed by atoms with Crippen LogP contribution in [0.5, 0.6) is 0 Å². The number of benzene rings is 2. The Bertz CT molecular complexity index is 1350. The molecule has 0 spiro atoms. The van der Waals surface area contributed by atoms with Gasteiger partial charge in [0.2, 0.25) is 5.91 Å². The van der Waals surface area contributed by atoms with Gasteiger partial charge >= 0.3 is 12.2 Å². The molecule has 0 bridgehead atoms. The number of fused-ring (bicyclic) bond motifs is 5. The number of carbonyl (C=O) groups is 3. The lowest BCUT2D eigenvalue weighted by Gasteiger charge is -2.36. The molecule has 1 saturated heterocycles. The van der Waals surface area contributed by atoms with Crippen LogP contribution in [0.25, 0.3) is 10.9 Å². The minimum absolute atomic E-state index is 0.0370. The van der Waals surface area contributed by atoms with Gasteiger partial charge in [-0.1, -0.05) is 30.3 Å². The van der Waals surface area contributed by atoms with Gasteiger partial charge in [0, 0.05) is 24.0 Å². The van der Waals surface area contributed by atoms with Gasteiger partial charge in [-0.25, -0.2) is 9.69 Å². The molecule has 35 heavy (non-hydrogen) atoms. The van der Waals surface area contributed by atoms with Crippen molar-refractivity contribution in [1.29, 1.82) is 0 Å². The molecule has 2 aromatic carbocycles. The van der Waals surface area contributed by atoms with Crippen molar-refractivity contribution in [3.05, 3.63) is 70.9 Å². The van der Waals surface area contributed by atoms with E-state index < -0.39 is 41.2 Å². The molecule has 5 rings (SSSR count). The van der Waals surface area contributed by atoms with E-state index in [0.29, 0.717) is 24.2 Å². The number of alkyl halides is 3. The van der Waals surface area contributed by atoms with Gasteiger partial charge in [0.05, 0.1) is 11.3 Å². The number of aromatic nitrogens is 1. The number of hydrogen-bond acceptors (Lipinski definition) is 3. The van der Waals surface area contributed by atoms with Gasteiger partial charge in [0.1, 0.15) is 6.04 Å². The normalized spacial score (nSPS) is 20.7. The molecule has 0 saturated carbocycles. The topological polar surface area (TPSA) is 85.5 Å². The third kappa shape index (κ3) is 3.46. The number of aromatic amines is 1. The zero-order valence-electron chi connectivity index (χ0n) is 19.1. The SMILES string of the molecule is C[C@@H](C(=O)NCc1ccc(C(F)(F)F)cc1)N1C(=O)N2CCc3c([nH]c4ccccc34)[C@@]2(C)C1=O. The Kier molecular flexibility index (Phi) is 5.15. The van der Waals surface area contributed by atoms with Crippen molar-refractivity contribution in [2.75, 3.05) is 6.54 Å². The second-order valence-electron chi connectivity index (χ2n) is 9.04. The summed E-state index contributed by atoms with van der Waals surface area (Å²) in [6, 6.07) is 10.5. The van der Waals surface area contributed by atoms with Crippen LogP contribution in [0.1, 0.15) is 36.2 Å². The van der Waals surface area contributed by atoms with Crippen LogP contribution in [0.3, 0.4) is 0 Å². The van der Waals surface area contributed by atoms with E-state index in [1.807, 2.05) is 24.3 Å². The van der Waals surface area contributed by atoms with E-state index in [-0.39, 0.29) is 6.54 Å². The van der Waals surface area contributed by atoms with Crippen LogP contribution in [0.15, 0.2) is 48.5 Å². The highest BCUT2D eigenvalue weighted by Crippen LogP contribution is 2.44. The maximum Gasteiger partial charge on any atom is 0.416 e. The van der Waals surface area contributed by atoms with E-state index in [0.717, 1.165) is 33.5 Å². The Morgan fingerprint density at radius 2 is 1.83 bits per heavy atom. The van der Waals surface area contributed by atoms with Crippen LogP contribution in [-0.2, 0) is 34.3 Å². The predicted molar refractivity (Wildman–Crippen MR) is 121 cm³/mol. The van der Waals surface area contributed by atoms with Gasteiger partial charge in [0.15, 0.2) is 5.54 Å². The molecule has 2 N–H and O–H groups in total. The first-order chi connectivity index (χ1) is 16.5. The van der Waals surface area contributed by atoms with Crippen molar-refractivity contribution in [2.24, 2.45) is 0 Å². The minimum Gasteiger partial charge on any atom is -0.356 e. The van der Waals surface area contributed by atoms with Crippen molar-refractivity contribution < 1.29 is 27.6 Å². The molecule has 2 aliphatic rings. The molecule has 10 heteroatoms. The number of nitrogens with one attached hydrogen (secondary N) is 2. The highest BCUT2D eigenvalue weighted by atomic mass is 19.4. The van der Waals surface area contributed by atoms with Crippen LogP contribution in [-0.4, -0.2) is 45.2 Å². The van der Waals surface area contributed by atoms with Gasteiger partial charge in [0.25, 0.3) is 5.91 Å². The highest BCUT2D eigenvalue weighted by Gasteiger charge is 2.60. The first-order valence-electron chi connectivity index (χ1n) is 11.2. The Balaban J connectivity index is 1.35. The van der Waals surface area contributed by atoms with E-state index in [2.05, 4.69) is 10.3 Å². The summed E-state index contributed by atoms with van der Waals surface area (Å²) in [4.78, 5) is 45.5. The quantitative estimate of drug-likeness (QED) is 0.551. The number of nitrogens with zero attached hydrogens (tertiary/aromatic N) is 2. The van der Waals surface area contributed by atoms with Crippen LogP contribution in [0.4, 0.5) is 18.0 Å². The third-order valence-electron chi connectivity index (χ3n) is 7.01. The van der Waals surface area contributed by atoms with Crippen molar-refractivity contribution >= 4 is 28.7 Å². The molecule has 2 aliphatic heterocycles. The Hall–Kier alpha value is -3.82. The van der Waals surface area contributed by atoms with Crippen LogP contribution in [0.2, 0.25) is 0 Å². The maximum atomic E-state index is 13.6. The summed E-state index contributed by atoms with van der Waals surface area (Å²) in [7, 11) is 0. The van der Waals surface area contributed by atoms with Gasteiger partial charge in [-0.2, -0.15) is 13.2 Å². The summed E-state index contributed by atoms with van der Waals surface area (Å²) in [5.74, 6) is -1.07. The lowest BCUT2D eigenvalue weighted by molar-refractivity contribution is -0.139. The maximum absolute atomic E-state index is 13.6. The van der Waals surface area contributed by atoms with Gasteiger partial charge in [-0.05, 0) is 49.6 Å². The van der Waals surface area contributed by atoms with Crippen LogP contribution in [0, 0.1) is 0 Å². The lowest BCUT2D eigenvalue weighted by atomic mass is 9.87. The molecule has 4 amide bonds. The number of carbonyl (C=O) groups excluding carboxylic acids is 3. The first-order valence-corrected chi connectivity index (χ1v) is 11.2. The molecule has 0 unspecified atom stereocenters. The number of rotatable bonds is 4. The molecule has 182 valence electrons. The number of urea groups is 1. The summed E-state index contributed by atoms with van der Waals surface area (Å²) in [5, 5.41) is 3.62. The molecular formula is C25H23F3N4O3. The molecule has 3 aromatic rings. The fourth-order valence-electron chi connectivity index (χ4n) is 5.03. The monoisotopic (exact) mass is 484 g/mol. The average molecular weight is 484 g/mol. The third-order valence-corrected chi connectivity index (χ3v) is 7.01. The van der Waals surface area contributed by atoms with Crippen molar-refractivity contribution in [2.45, 2.75) is 44.6 Å². The van der Waals surface area contributed by atoms with Crippen molar-refractivity contribution in [3.63, 3.8) is 0 Å². The number of amides is 4. The first kappa shape index (κ1) is 22.9. The van der Waals surface area contributed by atoms with E-state index >= 15 is 0 Å². The van der Waals surface area contributed by atoms with Crippen molar-refractivity contribution in [1.82, 2.24) is 20.1 Å². The number of halogens is 3. The van der Waals surface area contributed by atoms with Crippen molar-refractivity contribution in [3.8, 4) is 0 Å². The Labute approximate surface area is 198 Å². The fourth-order valence-corrected chi connectivity index (χ4v) is 5.03. The Morgan fingerprint density at radius 1 is 1.14 bits per heavy atom. The molecule has 2 atom stereocenters. The van der Waals surface area contributed by atoms with Gasteiger partial charge < -0.3 is 15.2 Å². The number of H-pyrrole nitrogens is 1. The van der Waals surface area contributed by atoms with E-state index in [1.165, 1.54) is 24.0 Å². The minimum atomic E-state index is -4.44. The predicted octanol–water partition coefficient (Wildman–Crippen LogP) is 3.93. The average Bonchev–Trinajstić information content (AvgIpc) is 3.30. The Morgan fingerprint density at radius 3 is 2.51 bits per heavy atom. The zero-order chi connectivity index (χ0) is 25.1. The second-order valence-corrected chi connectivity index (χ2v) is 9.04. The van der Waals surface area contributed by atoms with Crippen LogP contribution < -0.4 is 5.32 Å². The molecular weight excluding hydrogens is 461 g/mol. The molecule has 0 aliphatic carbocycles. The summed E-state index contributed by atoms with van der Waals surface area (Å²) in [5.41, 5.74) is 0.942. The smallest absolute Gasteiger partial charge is 0.356 e. The number of hydrogen-bond donors (Lipinski definition) is 2. The molecule has 1 fully saturated rings. The van der Waals surface area contributed by atoms with Crippen LogP contribution >= 0.6 is 0 Å². The number of para-hydroxylation sites is 1. The van der Waals surface area contributed by atoms with Gasteiger partial charge in [-0.3, -0.25) is 9.59 Å². The van der Waals surface area contributed by atoms with E-state index in [1.54, 1.807) is 6.92 Å². The fraction of sp³-hybridized carbons (Fsp3) is 0.320. The molecule has 0 radical (unpaired) electrons. The largest absolute Gasteiger partial charge is 0.416 e. The number of imide groups is 1. The summed E-state index contributed by atoms with van der Waals surface area (Å²) in [6.07, 6.45) is -3.86. The molecule has 7 nitrogen and oxygen atoms in total. The van der Waals surface area contributed by atoms with E-state index in [4.69, 9.17) is 0 Å². The molecule has 1 aromatic heterocycles. The zero-order valence-corrected chi connectivity index (χ0v) is 19.1. The second kappa shape index (κ2) is 7.86. The summed E-state index contributed by atoms with van der Waals surface area (Å²) < 4.78 is 38.3. The summed E-state index contributed by atoms with van der Waals surface area (Å²) >= 11 is 0. The summed E-state index contributed by atoms with van der Waals surface area (Å²) in [6.45, 7) is 3.45. The van der Waals surface area contributed by atoms with Gasteiger partial charge in [-0.15, -0.1) is 0 Å². The molecule has 3 heterocycles. The standard InChI is InChI=1S/C25H23F3N4O3/c1-14(21(33)29-13-15-7-9-16(10-8-15)25(26,27)28)32-22(34)24(2)20-18(11-12-31(24)23(32)35)17-5-3-4-6-19(17)30-20/h3-10,14,30H,11-13H2,1-2H3,(H,29,33)/t14-,24-/m0/s1. The highest BCUT2D eigenvalue weighted by molar-refractivity contribution is 6.10. The lowest BCUT2D eigenvalue weighted by Crippen LogP contribution is -2.49. The van der Waals surface area contributed by atoms with E-state index in [9.17, 15) is 27.6 Å².